The molecule has 0 aromatic carbocycles. The number of hydrogen-bond donors (Lipinski definition) is 2. The summed E-state index contributed by atoms with van der Waals surface area (Å²) in [6, 6.07) is 0.495. The Balaban J connectivity index is 2.13. The molecule has 0 spiro atoms. The highest BCUT2D eigenvalue weighted by atomic mass is 32.2. The van der Waals surface area contributed by atoms with E-state index in [1.807, 2.05) is 10.3 Å². The van der Waals surface area contributed by atoms with Gasteiger partial charge in [0.15, 0.2) is 0 Å². The summed E-state index contributed by atoms with van der Waals surface area (Å²) in [6.45, 7) is -0.382. The van der Waals surface area contributed by atoms with Crippen molar-refractivity contribution < 1.29 is 26.4 Å². The number of hydrogen-bond acceptors (Lipinski definition) is 4. The minimum Gasteiger partial charge on any atom is -0.327 e. The standard InChI is InChI=1S/C11H12F3N3O4S/c12-11(13,14)7-4-8(10(19)15-5-7)16-9(18)6-17-2-1-3-22(17,20)21/h4-5H,1-3,6H2,(H,15,19)(H,16,18). The predicted molar refractivity (Wildman–Crippen MR) is 70.7 cm³/mol. The van der Waals surface area contributed by atoms with E-state index in [2.05, 4.69) is 0 Å². The van der Waals surface area contributed by atoms with Crippen LogP contribution in [0.2, 0.25) is 0 Å². The molecule has 1 aromatic heterocycles. The lowest BCUT2D eigenvalue weighted by Crippen LogP contribution is -2.35. The number of alkyl halides is 3. The Labute approximate surface area is 123 Å². The third-order valence-corrected chi connectivity index (χ3v) is 4.93. The van der Waals surface area contributed by atoms with Crippen molar-refractivity contribution in [3.8, 4) is 0 Å². The topological polar surface area (TPSA) is 99.3 Å². The van der Waals surface area contributed by atoms with E-state index in [1.165, 1.54) is 0 Å². The lowest BCUT2D eigenvalue weighted by atomic mass is 10.2. The summed E-state index contributed by atoms with van der Waals surface area (Å²) in [7, 11) is -3.51. The Bertz CT molecular complexity index is 742. The number of nitrogens with zero attached hydrogens (tertiary/aromatic N) is 1. The van der Waals surface area contributed by atoms with Crippen molar-refractivity contribution >= 4 is 21.6 Å². The van der Waals surface area contributed by atoms with Crippen molar-refractivity contribution in [3.63, 3.8) is 0 Å². The number of sulfonamides is 1. The van der Waals surface area contributed by atoms with Gasteiger partial charge in [-0.05, 0) is 12.5 Å². The fourth-order valence-electron chi connectivity index (χ4n) is 1.96. The first-order valence-corrected chi connectivity index (χ1v) is 7.78. The Kier molecular flexibility index (Phi) is 4.29. The fourth-order valence-corrected chi connectivity index (χ4v) is 3.43. The summed E-state index contributed by atoms with van der Waals surface area (Å²) >= 11 is 0. The number of H-pyrrole nitrogens is 1. The van der Waals surface area contributed by atoms with Crippen molar-refractivity contribution in [2.24, 2.45) is 0 Å². The largest absolute Gasteiger partial charge is 0.417 e. The van der Waals surface area contributed by atoms with Crippen LogP contribution in [0.15, 0.2) is 17.1 Å². The highest BCUT2D eigenvalue weighted by Crippen LogP contribution is 2.29. The second-order valence-corrected chi connectivity index (χ2v) is 6.77. The SMILES string of the molecule is O=C(CN1CCCS1(=O)=O)Nc1cc(C(F)(F)F)c[nH]c1=O. The van der Waals surface area contributed by atoms with Gasteiger partial charge in [0.05, 0.1) is 17.9 Å². The van der Waals surface area contributed by atoms with Crippen LogP contribution in [0.5, 0.6) is 0 Å². The van der Waals surface area contributed by atoms with Crippen LogP contribution in [0.4, 0.5) is 18.9 Å². The number of carbonyl (C=O) groups excluding carboxylic acids is 1. The third kappa shape index (κ3) is 3.65. The van der Waals surface area contributed by atoms with Crippen LogP contribution in [0.1, 0.15) is 12.0 Å². The summed E-state index contributed by atoms with van der Waals surface area (Å²) in [5.74, 6) is -0.958. The Morgan fingerprint density at radius 3 is 2.64 bits per heavy atom. The molecule has 0 bridgehead atoms. The number of nitrogens with one attached hydrogen (secondary N) is 2. The molecule has 2 N–H and O–H groups in total. The smallest absolute Gasteiger partial charge is 0.327 e. The monoisotopic (exact) mass is 339 g/mol. The average molecular weight is 339 g/mol. The molecule has 1 aromatic rings. The Morgan fingerprint density at radius 1 is 1.41 bits per heavy atom. The summed E-state index contributed by atoms with van der Waals surface area (Å²) < 4.78 is 61.6. The van der Waals surface area contributed by atoms with Gasteiger partial charge in [0.1, 0.15) is 5.69 Å². The number of halogens is 3. The van der Waals surface area contributed by atoms with Gasteiger partial charge in [-0.15, -0.1) is 0 Å². The number of carbonyl (C=O) groups is 1. The third-order valence-electron chi connectivity index (χ3n) is 3.03. The van der Waals surface area contributed by atoms with Crippen molar-refractivity contribution in [1.29, 1.82) is 0 Å². The van der Waals surface area contributed by atoms with Crippen LogP contribution < -0.4 is 10.9 Å². The normalized spacial score (nSPS) is 18.3. The van der Waals surface area contributed by atoms with Gasteiger partial charge in [-0.1, -0.05) is 0 Å². The van der Waals surface area contributed by atoms with Crippen LogP contribution in [0, 0.1) is 0 Å². The summed E-state index contributed by atoms with van der Waals surface area (Å²) in [5.41, 5.74) is -2.63. The molecule has 1 amide bonds. The Hall–Kier alpha value is -1.88. The number of aromatic nitrogens is 1. The number of aromatic amines is 1. The molecule has 2 rings (SSSR count). The van der Waals surface area contributed by atoms with E-state index in [1.54, 1.807) is 0 Å². The lowest BCUT2D eigenvalue weighted by Gasteiger charge is -2.14. The number of anilines is 1. The van der Waals surface area contributed by atoms with E-state index in [0.717, 1.165) is 4.31 Å². The molecule has 7 nitrogen and oxygen atoms in total. The van der Waals surface area contributed by atoms with Gasteiger partial charge in [0.2, 0.25) is 15.9 Å². The minimum atomic E-state index is -4.68. The molecule has 0 unspecified atom stereocenters. The van der Waals surface area contributed by atoms with Crippen LogP contribution in [0.25, 0.3) is 0 Å². The molecule has 22 heavy (non-hydrogen) atoms. The number of amides is 1. The van der Waals surface area contributed by atoms with Gasteiger partial charge < -0.3 is 10.3 Å². The second-order valence-electron chi connectivity index (χ2n) is 4.68. The van der Waals surface area contributed by atoms with E-state index in [-0.39, 0.29) is 12.3 Å². The van der Waals surface area contributed by atoms with E-state index in [4.69, 9.17) is 0 Å². The molecule has 0 aliphatic carbocycles. The van der Waals surface area contributed by atoms with Crippen LogP contribution in [0.3, 0.4) is 0 Å². The molecule has 11 heteroatoms. The van der Waals surface area contributed by atoms with Crippen molar-refractivity contribution in [2.45, 2.75) is 12.6 Å². The average Bonchev–Trinajstić information content (AvgIpc) is 2.70. The summed E-state index contributed by atoms with van der Waals surface area (Å²) in [5, 5.41) is 2.00. The first-order valence-electron chi connectivity index (χ1n) is 6.17. The highest BCUT2D eigenvalue weighted by molar-refractivity contribution is 7.89. The van der Waals surface area contributed by atoms with Crippen LogP contribution >= 0.6 is 0 Å². The molecule has 2 heterocycles. The molecule has 1 saturated heterocycles. The van der Waals surface area contributed by atoms with E-state index in [0.29, 0.717) is 18.7 Å². The van der Waals surface area contributed by atoms with Gasteiger partial charge in [0.25, 0.3) is 5.56 Å². The lowest BCUT2D eigenvalue weighted by molar-refractivity contribution is -0.137. The summed E-state index contributed by atoms with van der Waals surface area (Å²) in [4.78, 5) is 25.0. The fraction of sp³-hybridized carbons (Fsp3) is 0.455. The molecule has 1 aliphatic heterocycles. The van der Waals surface area contributed by atoms with E-state index < -0.39 is 45.5 Å². The number of pyridine rings is 1. The summed E-state index contributed by atoms with van der Waals surface area (Å²) in [6.07, 6.45) is -3.81. The molecule has 0 radical (unpaired) electrons. The predicted octanol–water partition coefficient (Wildman–Crippen LogP) is 0.368. The quantitative estimate of drug-likeness (QED) is 0.831. The van der Waals surface area contributed by atoms with Crippen molar-refractivity contribution in [3.05, 3.63) is 28.2 Å². The van der Waals surface area contributed by atoms with Gasteiger partial charge in [-0.3, -0.25) is 9.59 Å². The highest BCUT2D eigenvalue weighted by Gasteiger charge is 2.32. The zero-order chi connectivity index (χ0) is 16.5. The van der Waals surface area contributed by atoms with Crippen LogP contribution in [-0.2, 0) is 21.0 Å². The van der Waals surface area contributed by atoms with E-state index >= 15 is 0 Å². The van der Waals surface area contributed by atoms with Crippen molar-refractivity contribution in [1.82, 2.24) is 9.29 Å². The first kappa shape index (κ1) is 16.5. The van der Waals surface area contributed by atoms with Crippen molar-refractivity contribution in [2.75, 3.05) is 24.2 Å². The molecule has 122 valence electrons. The molecular weight excluding hydrogens is 327 g/mol. The first-order chi connectivity index (χ1) is 10.1. The zero-order valence-electron chi connectivity index (χ0n) is 11.1. The van der Waals surface area contributed by atoms with Gasteiger partial charge in [-0.2, -0.15) is 17.5 Å². The maximum Gasteiger partial charge on any atom is 0.417 e. The maximum atomic E-state index is 12.5. The minimum absolute atomic E-state index is 0.0789. The second kappa shape index (κ2) is 5.72. The molecule has 1 aliphatic rings. The number of rotatable bonds is 3. The van der Waals surface area contributed by atoms with E-state index in [9.17, 15) is 31.2 Å². The Morgan fingerprint density at radius 2 is 2.09 bits per heavy atom. The molecule has 1 fully saturated rings. The zero-order valence-corrected chi connectivity index (χ0v) is 11.9. The molecule has 0 atom stereocenters. The van der Waals surface area contributed by atoms with Gasteiger partial charge in [-0.25, -0.2) is 8.42 Å². The molecule has 0 saturated carbocycles. The van der Waals surface area contributed by atoms with Crippen LogP contribution in [-0.4, -0.2) is 42.5 Å². The van der Waals surface area contributed by atoms with Gasteiger partial charge in [0, 0.05) is 12.7 Å². The van der Waals surface area contributed by atoms with Gasteiger partial charge >= 0.3 is 6.18 Å². The molecular formula is C11H12F3N3O4S. The maximum absolute atomic E-state index is 12.5.